The van der Waals surface area contributed by atoms with E-state index in [9.17, 15) is 14.9 Å². The third-order valence-corrected chi connectivity index (χ3v) is 4.45. The summed E-state index contributed by atoms with van der Waals surface area (Å²) >= 11 is 0. The molecule has 2 aliphatic rings. The first-order valence-electron chi connectivity index (χ1n) is 7.49. The summed E-state index contributed by atoms with van der Waals surface area (Å²) in [5, 5.41) is 13.9. The highest BCUT2D eigenvalue weighted by atomic mass is 16.2. The number of carbonyl (C=O) groups excluding carboxylic acids is 2. The largest absolute Gasteiger partial charge is 0.332 e. The molecule has 1 unspecified atom stereocenters. The smallest absolute Gasteiger partial charge is 0.312 e. The average molecular weight is 306 g/mol. The lowest BCUT2D eigenvalue weighted by Gasteiger charge is -2.26. The second kappa shape index (κ2) is 5.07. The number of imide groups is 1. The van der Waals surface area contributed by atoms with E-state index in [0.29, 0.717) is 30.9 Å². The average Bonchev–Trinajstić information content (AvgIpc) is 2.85. The standard InChI is InChI=1S/C17H14N4O2/c18-9-11-5-6-14(13-4-2-1-3-12(11)13)21-16(22)15-10-19-7-8-20(15)17(21)23/h1-6,15,19H,7-8,10H2. The number of amides is 3. The number of piperazine rings is 1. The molecule has 3 amide bonds. The molecule has 2 aliphatic heterocycles. The molecule has 2 aromatic rings. The summed E-state index contributed by atoms with van der Waals surface area (Å²) in [5.74, 6) is -0.211. The van der Waals surface area contributed by atoms with E-state index in [1.54, 1.807) is 17.0 Å². The van der Waals surface area contributed by atoms with Crippen LogP contribution in [0.15, 0.2) is 36.4 Å². The molecule has 0 aromatic heterocycles. The van der Waals surface area contributed by atoms with E-state index in [-0.39, 0.29) is 11.9 Å². The number of urea groups is 1. The van der Waals surface area contributed by atoms with Gasteiger partial charge in [0.05, 0.1) is 17.3 Å². The Balaban J connectivity index is 1.88. The van der Waals surface area contributed by atoms with Crippen molar-refractivity contribution in [2.45, 2.75) is 6.04 Å². The summed E-state index contributed by atoms with van der Waals surface area (Å²) in [5.41, 5.74) is 1.08. The zero-order valence-electron chi connectivity index (χ0n) is 12.3. The van der Waals surface area contributed by atoms with Crippen molar-refractivity contribution in [1.82, 2.24) is 10.2 Å². The molecule has 0 aliphatic carbocycles. The number of nitriles is 1. The molecule has 6 heteroatoms. The van der Waals surface area contributed by atoms with Crippen LogP contribution in [0.3, 0.4) is 0 Å². The molecule has 2 heterocycles. The lowest BCUT2D eigenvalue weighted by Crippen LogP contribution is -2.51. The molecular formula is C17H14N4O2. The molecule has 2 saturated heterocycles. The van der Waals surface area contributed by atoms with E-state index >= 15 is 0 Å². The van der Waals surface area contributed by atoms with Crippen molar-refractivity contribution in [1.29, 1.82) is 5.26 Å². The molecule has 2 aromatic carbocycles. The predicted octanol–water partition coefficient (Wildman–Crippen LogP) is 1.45. The van der Waals surface area contributed by atoms with Crippen molar-refractivity contribution in [3.63, 3.8) is 0 Å². The van der Waals surface area contributed by atoms with Crippen LogP contribution in [0.25, 0.3) is 10.8 Å². The zero-order chi connectivity index (χ0) is 16.0. The van der Waals surface area contributed by atoms with Gasteiger partial charge >= 0.3 is 6.03 Å². The number of fused-ring (bicyclic) bond motifs is 2. The monoisotopic (exact) mass is 306 g/mol. The summed E-state index contributed by atoms with van der Waals surface area (Å²) in [6.45, 7) is 1.70. The number of hydrogen-bond acceptors (Lipinski definition) is 4. The normalized spacial score (nSPS) is 20.7. The fraction of sp³-hybridized carbons (Fsp3) is 0.235. The van der Waals surface area contributed by atoms with Gasteiger partial charge in [0.2, 0.25) is 0 Å². The number of benzene rings is 2. The molecule has 2 fully saturated rings. The maximum atomic E-state index is 12.7. The van der Waals surface area contributed by atoms with Gasteiger partial charge in [-0.25, -0.2) is 9.69 Å². The highest BCUT2D eigenvalue weighted by molar-refractivity contribution is 6.24. The van der Waals surface area contributed by atoms with Crippen molar-refractivity contribution < 1.29 is 9.59 Å². The number of nitrogens with one attached hydrogen (secondary N) is 1. The quantitative estimate of drug-likeness (QED) is 0.809. The SMILES string of the molecule is N#Cc1ccc(N2C(=O)C3CNCCN3C2=O)c2ccccc12. The van der Waals surface area contributed by atoms with Crippen LogP contribution < -0.4 is 10.2 Å². The number of hydrogen-bond donors (Lipinski definition) is 1. The topological polar surface area (TPSA) is 76.4 Å². The minimum atomic E-state index is -0.439. The van der Waals surface area contributed by atoms with Crippen molar-refractivity contribution in [3.05, 3.63) is 42.0 Å². The van der Waals surface area contributed by atoms with E-state index in [4.69, 9.17) is 0 Å². The Morgan fingerprint density at radius 3 is 2.65 bits per heavy atom. The van der Waals surface area contributed by atoms with Gasteiger partial charge in [0.25, 0.3) is 5.91 Å². The Hall–Kier alpha value is -2.91. The predicted molar refractivity (Wildman–Crippen MR) is 84.9 cm³/mol. The van der Waals surface area contributed by atoms with Crippen molar-refractivity contribution in [2.24, 2.45) is 0 Å². The first-order valence-corrected chi connectivity index (χ1v) is 7.49. The maximum Gasteiger partial charge on any atom is 0.332 e. The van der Waals surface area contributed by atoms with Crippen LogP contribution in [0.2, 0.25) is 0 Å². The first kappa shape index (κ1) is 13.7. The van der Waals surface area contributed by atoms with Gasteiger partial charge in [0.1, 0.15) is 6.04 Å². The van der Waals surface area contributed by atoms with Crippen LogP contribution in [-0.4, -0.2) is 42.5 Å². The van der Waals surface area contributed by atoms with Crippen LogP contribution in [-0.2, 0) is 4.79 Å². The van der Waals surface area contributed by atoms with E-state index < -0.39 is 6.04 Å². The highest BCUT2D eigenvalue weighted by Crippen LogP contribution is 2.33. The summed E-state index contributed by atoms with van der Waals surface area (Å²) in [7, 11) is 0. The van der Waals surface area contributed by atoms with Gasteiger partial charge in [0.15, 0.2) is 0 Å². The molecule has 0 spiro atoms. The first-order chi connectivity index (χ1) is 11.2. The van der Waals surface area contributed by atoms with Gasteiger partial charge < -0.3 is 10.2 Å². The van der Waals surface area contributed by atoms with Gasteiger partial charge in [-0.05, 0) is 12.1 Å². The Labute approximate surface area is 132 Å². The third kappa shape index (κ3) is 1.91. The molecule has 0 radical (unpaired) electrons. The van der Waals surface area contributed by atoms with Crippen molar-refractivity contribution >= 4 is 28.4 Å². The summed E-state index contributed by atoms with van der Waals surface area (Å²) in [4.78, 5) is 28.3. The lowest BCUT2D eigenvalue weighted by molar-refractivity contribution is -0.119. The number of carbonyl (C=O) groups is 2. The highest BCUT2D eigenvalue weighted by Gasteiger charge is 2.47. The van der Waals surface area contributed by atoms with E-state index in [0.717, 1.165) is 10.8 Å². The van der Waals surface area contributed by atoms with Gasteiger partial charge in [-0.2, -0.15) is 5.26 Å². The van der Waals surface area contributed by atoms with Gasteiger partial charge in [-0.1, -0.05) is 24.3 Å². The van der Waals surface area contributed by atoms with Gasteiger partial charge in [0, 0.05) is 30.4 Å². The Bertz CT molecular complexity index is 847. The van der Waals surface area contributed by atoms with E-state index in [1.807, 2.05) is 24.3 Å². The molecule has 0 saturated carbocycles. The number of rotatable bonds is 1. The van der Waals surface area contributed by atoms with Crippen LogP contribution in [0.5, 0.6) is 0 Å². The minimum Gasteiger partial charge on any atom is -0.312 e. The summed E-state index contributed by atoms with van der Waals surface area (Å²) < 4.78 is 0. The van der Waals surface area contributed by atoms with Gasteiger partial charge in [-0.15, -0.1) is 0 Å². The molecular weight excluding hydrogens is 292 g/mol. The molecule has 1 N–H and O–H groups in total. The second-order valence-electron chi connectivity index (χ2n) is 5.66. The summed E-state index contributed by atoms with van der Waals surface area (Å²) in [6.07, 6.45) is 0. The van der Waals surface area contributed by atoms with Crippen LogP contribution >= 0.6 is 0 Å². The number of nitrogens with zero attached hydrogens (tertiary/aromatic N) is 3. The fourth-order valence-electron chi connectivity index (χ4n) is 3.32. The molecule has 6 nitrogen and oxygen atoms in total. The fourth-order valence-corrected chi connectivity index (χ4v) is 3.32. The maximum absolute atomic E-state index is 12.7. The Morgan fingerprint density at radius 2 is 1.91 bits per heavy atom. The van der Waals surface area contributed by atoms with Crippen molar-refractivity contribution in [3.8, 4) is 6.07 Å². The molecule has 4 rings (SSSR count). The molecule has 114 valence electrons. The van der Waals surface area contributed by atoms with Crippen molar-refractivity contribution in [2.75, 3.05) is 24.5 Å². The molecule has 1 atom stereocenters. The Morgan fingerprint density at radius 1 is 1.13 bits per heavy atom. The van der Waals surface area contributed by atoms with E-state index in [1.165, 1.54) is 4.90 Å². The van der Waals surface area contributed by atoms with Crippen LogP contribution in [0.4, 0.5) is 10.5 Å². The van der Waals surface area contributed by atoms with E-state index in [2.05, 4.69) is 11.4 Å². The van der Waals surface area contributed by atoms with Crippen LogP contribution in [0.1, 0.15) is 5.56 Å². The Kier molecular flexibility index (Phi) is 3.03. The van der Waals surface area contributed by atoms with Crippen LogP contribution in [0, 0.1) is 11.3 Å². The number of anilines is 1. The minimum absolute atomic E-state index is 0.211. The molecule has 0 bridgehead atoms. The third-order valence-electron chi connectivity index (χ3n) is 4.45. The second-order valence-corrected chi connectivity index (χ2v) is 5.66. The summed E-state index contributed by atoms with van der Waals surface area (Å²) in [6, 6.07) is 12.1. The zero-order valence-corrected chi connectivity index (χ0v) is 12.3. The molecule has 23 heavy (non-hydrogen) atoms. The lowest BCUT2D eigenvalue weighted by atomic mass is 10.0. The van der Waals surface area contributed by atoms with Gasteiger partial charge in [-0.3, -0.25) is 4.79 Å².